The van der Waals surface area contributed by atoms with E-state index in [1.807, 2.05) is 41.8 Å². The van der Waals surface area contributed by atoms with E-state index in [0.717, 1.165) is 17.0 Å². The normalized spacial score (nSPS) is 10.9. The number of ether oxygens (including phenoxy) is 1. The van der Waals surface area contributed by atoms with Gasteiger partial charge in [0.2, 0.25) is 0 Å². The molecule has 3 rings (SSSR count). The Bertz CT molecular complexity index is 750. The third-order valence-electron chi connectivity index (χ3n) is 3.01. The average Bonchev–Trinajstić information content (AvgIpc) is 2.84. The van der Waals surface area contributed by atoms with Crippen LogP contribution in [0.2, 0.25) is 5.02 Å². The van der Waals surface area contributed by atoms with Gasteiger partial charge in [0.05, 0.1) is 23.0 Å². The first-order valence-corrected chi connectivity index (χ1v) is 6.72. The Balaban J connectivity index is 2.03. The lowest BCUT2D eigenvalue weighted by atomic mass is 10.2. The molecule has 2 heterocycles. The molecule has 0 bridgehead atoms. The number of rotatable bonds is 3. The summed E-state index contributed by atoms with van der Waals surface area (Å²) < 4.78 is 7.26. The molecule has 0 aliphatic rings. The predicted molar refractivity (Wildman–Crippen MR) is 81.2 cm³/mol. The minimum Gasteiger partial charge on any atom is -0.494 e. The van der Waals surface area contributed by atoms with Gasteiger partial charge in [0, 0.05) is 18.0 Å². The zero-order chi connectivity index (χ0) is 14.1. The summed E-state index contributed by atoms with van der Waals surface area (Å²) >= 11 is 5.99. The van der Waals surface area contributed by atoms with E-state index in [0.29, 0.717) is 23.0 Å². The van der Waals surface area contributed by atoms with Crippen molar-refractivity contribution >= 4 is 22.9 Å². The number of imidazole rings is 1. The van der Waals surface area contributed by atoms with Crippen molar-refractivity contribution in [2.24, 2.45) is 0 Å². The van der Waals surface area contributed by atoms with Gasteiger partial charge in [-0.25, -0.2) is 4.98 Å². The highest BCUT2D eigenvalue weighted by Crippen LogP contribution is 2.25. The Morgan fingerprint density at radius 1 is 1.25 bits per heavy atom. The molecule has 0 saturated carbocycles. The molecule has 102 valence electrons. The largest absolute Gasteiger partial charge is 0.494 e. The minimum atomic E-state index is 0.565. The van der Waals surface area contributed by atoms with E-state index in [1.165, 1.54) is 0 Å². The second-order valence-electron chi connectivity index (χ2n) is 4.43. The van der Waals surface area contributed by atoms with Gasteiger partial charge in [-0.15, -0.1) is 0 Å². The van der Waals surface area contributed by atoms with E-state index >= 15 is 0 Å². The van der Waals surface area contributed by atoms with Crippen molar-refractivity contribution < 1.29 is 4.74 Å². The van der Waals surface area contributed by atoms with Crippen LogP contribution in [0.4, 0.5) is 5.69 Å². The van der Waals surface area contributed by atoms with E-state index < -0.39 is 0 Å². The standard InChI is InChI=1S/C15H14ClN3O/c1-2-20-12-5-3-10(4-6-12)14-9-19-8-11(16)7-13(17)15(19)18-14/h3-9H,2,17H2,1H3. The topological polar surface area (TPSA) is 52.5 Å². The molecule has 0 atom stereocenters. The van der Waals surface area contributed by atoms with Gasteiger partial charge in [-0.3, -0.25) is 0 Å². The number of hydrogen-bond donors (Lipinski definition) is 1. The van der Waals surface area contributed by atoms with Gasteiger partial charge in [-0.1, -0.05) is 11.6 Å². The van der Waals surface area contributed by atoms with E-state index in [4.69, 9.17) is 22.1 Å². The van der Waals surface area contributed by atoms with Crippen molar-refractivity contribution in [3.8, 4) is 17.0 Å². The summed E-state index contributed by atoms with van der Waals surface area (Å²) in [6, 6.07) is 9.51. The van der Waals surface area contributed by atoms with Gasteiger partial charge in [0.15, 0.2) is 5.65 Å². The molecule has 20 heavy (non-hydrogen) atoms. The Hall–Kier alpha value is -2.20. The van der Waals surface area contributed by atoms with Gasteiger partial charge in [-0.05, 0) is 37.3 Å². The van der Waals surface area contributed by atoms with Gasteiger partial charge in [0.1, 0.15) is 5.75 Å². The summed E-state index contributed by atoms with van der Waals surface area (Å²) in [4.78, 5) is 4.54. The third-order valence-corrected chi connectivity index (χ3v) is 3.21. The highest BCUT2D eigenvalue weighted by molar-refractivity contribution is 6.30. The molecular weight excluding hydrogens is 274 g/mol. The number of fused-ring (bicyclic) bond motifs is 1. The van der Waals surface area contributed by atoms with Crippen LogP contribution in [0.15, 0.2) is 42.7 Å². The fraction of sp³-hybridized carbons (Fsp3) is 0.133. The van der Waals surface area contributed by atoms with Crippen LogP contribution in [0.5, 0.6) is 5.75 Å². The minimum absolute atomic E-state index is 0.565. The molecule has 2 aromatic heterocycles. The SMILES string of the molecule is CCOc1ccc(-c2cn3cc(Cl)cc(N)c3n2)cc1. The van der Waals surface area contributed by atoms with Gasteiger partial charge in [-0.2, -0.15) is 0 Å². The van der Waals surface area contributed by atoms with Gasteiger partial charge >= 0.3 is 0 Å². The number of pyridine rings is 1. The molecule has 0 saturated heterocycles. The molecule has 3 aromatic rings. The molecule has 0 unspecified atom stereocenters. The zero-order valence-electron chi connectivity index (χ0n) is 11.0. The summed E-state index contributed by atoms with van der Waals surface area (Å²) in [5, 5.41) is 0.589. The highest BCUT2D eigenvalue weighted by atomic mass is 35.5. The second-order valence-corrected chi connectivity index (χ2v) is 4.86. The van der Waals surface area contributed by atoms with Crippen molar-refractivity contribution in [2.45, 2.75) is 6.92 Å². The summed E-state index contributed by atoms with van der Waals surface area (Å²) in [6.07, 6.45) is 3.70. The molecule has 0 aliphatic carbocycles. The average molecular weight is 288 g/mol. The highest BCUT2D eigenvalue weighted by Gasteiger charge is 2.08. The van der Waals surface area contributed by atoms with Crippen LogP contribution in [-0.2, 0) is 0 Å². The lowest BCUT2D eigenvalue weighted by Gasteiger charge is -2.02. The van der Waals surface area contributed by atoms with E-state index in [-0.39, 0.29) is 0 Å². The number of hydrogen-bond acceptors (Lipinski definition) is 3. The van der Waals surface area contributed by atoms with E-state index in [9.17, 15) is 0 Å². The van der Waals surface area contributed by atoms with Crippen LogP contribution in [0.1, 0.15) is 6.92 Å². The van der Waals surface area contributed by atoms with Gasteiger partial charge in [0.25, 0.3) is 0 Å². The molecule has 0 radical (unpaired) electrons. The number of halogens is 1. The fourth-order valence-corrected chi connectivity index (χ4v) is 2.34. The first-order valence-electron chi connectivity index (χ1n) is 6.34. The molecule has 0 amide bonds. The maximum atomic E-state index is 5.99. The maximum Gasteiger partial charge on any atom is 0.160 e. The Labute approximate surface area is 121 Å². The third kappa shape index (κ3) is 2.30. The monoisotopic (exact) mass is 287 g/mol. The Morgan fingerprint density at radius 2 is 2.00 bits per heavy atom. The molecule has 0 spiro atoms. The first-order chi connectivity index (χ1) is 9.67. The van der Waals surface area contributed by atoms with Crippen molar-refractivity contribution in [1.29, 1.82) is 0 Å². The summed E-state index contributed by atoms with van der Waals surface area (Å²) in [5.74, 6) is 0.850. The predicted octanol–water partition coefficient (Wildman–Crippen LogP) is 3.64. The molecule has 0 aliphatic heterocycles. The number of nitrogens with zero attached hydrogens (tertiary/aromatic N) is 2. The number of benzene rings is 1. The first kappa shape index (κ1) is 12.8. The summed E-state index contributed by atoms with van der Waals surface area (Å²) in [5.41, 5.74) is 9.05. The number of nitrogens with two attached hydrogens (primary N) is 1. The van der Waals surface area contributed by atoms with Crippen molar-refractivity contribution in [3.63, 3.8) is 0 Å². The lowest BCUT2D eigenvalue weighted by Crippen LogP contribution is -1.91. The van der Waals surface area contributed by atoms with Crippen LogP contribution in [-0.4, -0.2) is 16.0 Å². The van der Waals surface area contributed by atoms with Crippen LogP contribution in [0.25, 0.3) is 16.9 Å². The molecule has 1 aromatic carbocycles. The quantitative estimate of drug-likeness (QED) is 0.800. The maximum absolute atomic E-state index is 5.99. The number of anilines is 1. The number of nitrogen functional groups attached to an aromatic ring is 1. The Kier molecular flexibility index (Phi) is 3.24. The lowest BCUT2D eigenvalue weighted by molar-refractivity contribution is 0.340. The molecule has 5 heteroatoms. The fourth-order valence-electron chi connectivity index (χ4n) is 2.12. The van der Waals surface area contributed by atoms with Gasteiger partial charge < -0.3 is 14.9 Å². The molecule has 2 N–H and O–H groups in total. The van der Waals surface area contributed by atoms with E-state index in [1.54, 1.807) is 12.3 Å². The van der Waals surface area contributed by atoms with Crippen LogP contribution < -0.4 is 10.5 Å². The summed E-state index contributed by atoms with van der Waals surface area (Å²) in [6.45, 7) is 2.62. The van der Waals surface area contributed by atoms with Crippen LogP contribution in [0.3, 0.4) is 0 Å². The zero-order valence-corrected chi connectivity index (χ0v) is 11.8. The second kappa shape index (κ2) is 5.06. The molecule has 4 nitrogen and oxygen atoms in total. The molecular formula is C15H14ClN3O. The molecule has 0 fully saturated rings. The van der Waals surface area contributed by atoms with Crippen molar-refractivity contribution in [2.75, 3.05) is 12.3 Å². The van der Waals surface area contributed by atoms with Crippen molar-refractivity contribution in [1.82, 2.24) is 9.38 Å². The number of aromatic nitrogens is 2. The Morgan fingerprint density at radius 3 is 2.70 bits per heavy atom. The van der Waals surface area contributed by atoms with Crippen molar-refractivity contribution in [3.05, 3.63) is 47.7 Å². The summed E-state index contributed by atoms with van der Waals surface area (Å²) in [7, 11) is 0. The van der Waals surface area contributed by atoms with E-state index in [2.05, 4.69) is 4.98 Å². The smallest absolute Gasteiger partial charge is 0.160 e. The van der Waals surface area contributed by atoms with Crippen LogP contribution >= 0.6 is 11.6 Å². The van der Waals surface area contributed by atoms with Crippen LogP contribution in [0, 0.1) is 0 Å².